The summed E-state index contributed by atoms with van der Waals surface area (Å²) < 4.78 is 5.76. The van der Waals surface area contributed by atoms with Gasteiger partial charge in [0.25, 0.3) is 0 Å². The number of ether oxygens (including phenoxy) is 1. The fourth-order valence-electron chi connectivity index (χ4n) is 2.44. The van der Waals surface area contributed by atoms with Crippen molar-refractivity contribution in [1.82, 2.24) is 5.32 Å². The smallest absolute Gasteiger partial charge is 0.0616 e. The zero-order valence-electron chi connectivity index (χ0n) is 12.0. The second-order valence-electron chi connectivity index (χ2n) is 5.92. The molecule has 0 bridgehead atoms. The molecule has 17 heavy (non-hydrogen) atoms. The van der Waals surface area contributed by atoms with E-state index in [1.54, 1.807) is 0 Å². The van der Waals surface area contributed by atoms with Crippen LogP contribution in [0.15, 0.2) is 0 Å². The van der Waals surface area contributed by atoms with Gasteiger partial charge in [-0.05, 0) is 40.7 Å². The Bertz CT molecular complexity index is 282. The molecule has 0 aromatic heterocycles. The van der Waals surface area contributed by atoms with E-state index in [1.165, 1.54) is 6.42 Å². The molecular formula is C15H27NO. The number of hydrogen-bond donors (Lipinski definition) is 1. The van der Waals surface area contributed by atoms with E-state index in [2.05, 4.69) is 44.9 Å². The van der Waals surface area contributed by atoms with E-state index >= 15 is 0 Å². The first kappa shape index (κ1) is 14.5. The zero-order valence-corrected chi connectivity index (χ0v) is 12.0. The maximum Gasteiger partial charge on any atom is 0.0616 e. The number of nitrogens with one attached hydrogen (secondary N) is 1. The van der Waals surface area contributed by atoms with E-state index in [-0.39, 0.29) is 5.41 Å². The number of rotatable bonds is 4. The van der Waals surface area contributed by atoms with Crippen LogP contribution in [0, 0.1) is 23.2 Å². The van der Waals surface area contributed by atoms with E-state index in [0.717, 1.165) is 19.4 Å². The molecule has 98 valence electrons. The molecule has 1 N–H and O–H groups in total. The van der Waals surface area contributed by atoms with Gasteiger partial charge >= 0.3 is 0 Å². The van der Waals surface area contributed by atoms with Crippen LogP contribution in [0.3, 0.4) is 0 Å². The summed E-state index contributed by atoms with van der Waals surface area (Å²) in [5.41, 5.74) is 0.106. The lowest BCUT2D eigenvalue weighted by Gasteiger charge is -2.25. The van der Waals surface area contributed by atoms with E-state index in [9.17, 15) is 0 Å². The van der Waals surface area contributed by atoms with Crippen LogP contribution in [0.4, 0.5) is 0 Å². The first-order chi connectivity index (χ1) is 7.98. The first-order valence-electron chi connectivity index (χ1n) is 6.77. The van der Waals surface area contributed by atoms with Crippen molar-refractivity contribution in [3.05, 3.63) is 0 Å². The highest BCUT2D eigenvalue weighted by Crippen LogP contribution is 2.27. The molecule has 0 aliphatic carbocycles. The van der Waals surface area contributed by atoms with Crippen molar-refractivity contribution in [1.29, 1.82) is 0 Å². The van der Waals surface area contributed by atoms with Crippen molar-refractivity contribution < 1.29 is 4.74 Å². The van der Waals surface area contributed by atoms with Crippen molar-refractivity contribution in [2.45, 2.75) is 59.1 Å². The average molecular weight is 237 g/mol. The Morgan fingerprint density at radius 1 is 1.41 bits per heavy atom. The highest BCUT2D eigenvalue weighted by molar-refractivity contribution is 5.09. The molecular weight excluding hydrogens is 210 g/mol. The summed E-state index contributed by atoms with van der Waals surface area (Å²) in [6, 6.07) is 0.470. The van der Waals surface area contributed by atoms with Crippen molar-refractivity contribution in [2.24, 2.45) is 11.3 Å². The maximum absolute atomic E-state index is 5.76. The highest BCUT2D eigenvalue weighted by atomic mass is 16.5. The van der Waals surface area contributed by atoms with Gasteiger partial charge in [-0.3, -0.25) is 0 Å². The largest absolute Gasteiger partial charge is 0.378 e. The molecule has 3 unspecified atom stereocenters. The molecule has 0 aromatic carbocycles. The first-order valence-corrected chi connectivity index (χ1v) is 6.77. The van der Waals surface area contributed by atoms with Crippen LogP contribution in [-0.4, -0.2) is 25.8 Å². The van der Waals surface area contributed by atoms with Crippen molar-refractivity contribution in [3.63, 3.8) is 0 Å². The normalized spacial score (nSPS) is 26.4. The van der Waals surface area contributed by atoms with E-state index < -0.39 is 0 Å². The summed E-state index contributed by atoms with van der Waals surface area (Å²) in [6.45, 7) is 9.58. The molecule has 1 aliphatic heterocycles. The predicted octanol–water partition coefficient (Wildman–Crippen LogP) is 2.83. The van der Waals surface area contributed by atoms with E-state index in [1.807, 2.05) is 7.05 Å². The molecule has 1 rings (SSSR count). The monoisotopic (exact) mass is 237 g/mol. The molecule has 2 nitrogen and oxygen atoms in total. The molecule has 0 radical (unpaired) electrons. The second kappa shape index (κ2) is 6.42. The van der Waals surface area contributed by atoms with Crippen LogP contribution in [0.2, 0.25) is 0 Å². The minimum Gasteiger partial charge on any atom is -0.378 e. The van der Waals surface area contributed by atoms with Gasteiger partial charge in [0.1, 0.15) is 0 Å². The third-order valence-electron chi connectivity index (χ3n) is 3.34. The van der Waals surface area contributed by atoms with Crippen molar-refractivity contribution >= 4 is 0 Å². The Morgan fingerprint density at radius 3 is 2.65 bits per heavy atom. The Morgan fingerprint density at radius 2 is 2.12 bits per heavy atom. The minimum atomic E-state index is 0.106. The summed E-state index contributed by atoms with van der Waals surface area (Å²) in [4.78, 5) is 0. The highest BCUT2D eigenvalue weighted by Gasteiger charge is 2.32. The summed E-state index contributed by atoms with van der Waals surface area (Å²) >= 11 is 0. The quantitative estimate of drug-likeness (QED) is 0.759. The number of hydrogen-bond acceptors (Lipinski definition) is 2. The Labute approximate surface area is 107 Å². The predicted molar refractivity (Wildman–Crippen MR) is 72.8 cm³/mol. The molecule has 0 aromatic rings. The summed E-state index contributed by atoms with van der Waals surface area (Å²) in [5.74, 6) is 7.27. The summed E-state index contributed by atoms with van der Waals surface area (Å²) in [5, 5.41) is 3.41. The zero-order chi connectivity index (χ0) is 12.9. The molecule has 0 amide bonds. The van der Waals surface area contributed by atoms with Gasteiger partial charge in [0.2, 0.25) is 0 Å². The SMILES string of the molecule is CCC1OCCC1C(CC#CC(C)(C)C)NC. The lowest BCUT2D eigenvalue weighted by molar-refractivity contribution is 0.0788. The van der Waals surface area contributed by atoms with Crippen LogP contribution in [0.25, 0.3) is 0 Å². The molecule has 2 heteroatoms. The fraction of sp³-hybridized carbons (Fsp3) is 0.867. The van der Waals surface area contributed by atoms with Crippen molar-refractivity contribution in [2.75, 3.05) is 13.7 Å². The third-order valence-corrected chi connectivity index (χ3v) is 3.34. The molecule has 1 heterocycles. The molecule has 1 aliphatic rings. The summed E-state index contributed by atoms with van der Waals surface area (Å²) in [6.07, 6.45) is 3.62. The second-order valence-corrected chi connectivity index (χ2v) is 5.92. The lowest BCUT2D eigenvalue weighted by atomic mass is 9.89. The average Bonchev–Trinajstić information content (AvgIpc) is 2.70. The van der Waals surface area contributed by atoms with Gasteiger partial charge in [-0.15, -0.1) is 5.92 Å². The standard InChI is InChI=1S/C15H27NO/c1-6-14-12(9-11-17-14)13(16-5)8-7-10-15(2,3)4/h12-14,16H,6,8-9,11H2,1-5H3. The van der Waals surface area contributed by atoms with Gasteiger partial charge in [-0.1, -0.05) is 12.8 Å². The Kier molecular flexibility index (Phi) is 5.49. The van der Waals surface area contributed by atoms with Crippen LogP contribution in [0.1, 0.15) is 47.0 Å². The lowest BCUT2D eigenvalue weighted by Crippen LogP contribution is -2.37. The van der Waals surface area contributed by atoms with Gasteiger partial charge in [-0.2, -0.15) is 0 Å². The maximum atomic E-state index is 5.76. The summed E-state index contributed by atoms with van der Waals surface area (Å²) in [7, 11) is 2.04. The Hall–Kier alpha value is -0.520. The van der Waals surface area contributed by atoms with Gasteiger partial charge in [0, 0.05) is 30.4 Å². The Balaban J connectivity index is 2.55. The molecule has 0 spiro atoms. The minimum absolute atomic E-state index is 0.106. The fourth-order valence-corrected chi connectivity index (χ4v) is 2.44. The van der Waals surface area contributed by atoms with E-state index in [4.69, 9.17) is 4.74 Å². The van der Waals surface area contributed by atoms with Crippen LogP contribution in [0.5, 0.6) is 0 Å². The van der Waals surface area contributed by atoms with Crippen LogP contribution >= 0.6 is 0 Å². The van der Waals surface area contributed by atoms with Gasteiger partial charge in [0.05, 0.1) is 6.10 Å². The van der Waals surface area contributed by atoms with Crippen LogP contribution in [-0.2, 0) is 4.74 Å². The van der Waals surface area contributed by atoms with Crippen molar-refractivity contribution in [3.8, 4) is 11.8 Å². The van der Waals surface area contributed by atoms with E-state index in [0.29, 0.717) is 18.1 Å². The van der Waals surface area contributed by atoms with Gasteiger partial charge < -0.3 is 10.1 Å². The molecule has 0 saturated carbocycles. The third kappa shape index (κ3) is 4.69. The molecule has 1 fully saturated rings. The van der Waals surface area contributed by atoms with Gasteiger partial charge in [0.15, 0.2) is 0 Å². The topological polar surface area (TPSA) is 21.3 Å². The molecule has 1 saturated heterocycles. The van der Waals surface area contributed by atoms with Crippen LogP contribution < -0.4 is 5.32 Å². The van der Waals surface area contributed by atoms with Gasteiger partial charge in [-0.25, -0.2) is 0 Å². The molecule has 3 atom stereocenters.